The van der Waals surface area contributed by atoms with E-state index in [4.69, 9.17) is 0 Å². The first-order valence-corrected chi connectivity index (χ1v) is 8.37. The molecule has 114 valence electrons. The van der Waals surface area contributed by atoms with Gasteiger partial charge >= 0.3 is 0 Å². The van der Waals surface area contributed by atoms with Crippen molar-refractivity contribution in [3.63, 3.8) is 0 Å². The largest absolute Gasteiger partial charge is 0.311 e. The lowest BCUT2D eigenvalue weighted by Gasteiger charge is -2.48. The van der Waals surface area contributed by atoms with Crippen LogP contribution in [0.2, 0.25) is 0 Å². The Hall–Kier alpha value is -1.51. The molecule has 0 aromatic heterocycles. The number of hydrogen-bond donors (Lipinski definition) is 1. The van der Waals surface area contributed by atoms with Gasteiger partial charge in [0.05, 0.1) is 9.82 Å². The number of rotatable bonds is 3. The third-order valence-corrected chi connectivity index (χ3v) is 6.38. The maximum atomic E-state index is 12.5. The minimum absolute atomic E-state index is 0.106. The van der Waals surface area contributed by atoms with Gasteiger partial charge in [0.2, 0.25) is 10.0 Å². The van der Waals surface area contributed by atoms with Crippen molar-refractivity contribution in [1.82, 2.24) is 9.62 Å². The first-order valence-electron chi connectivity index (χ1n) is 6.93. The SMILES string of the molecule is O=[N+]([O-])c1ccc(S(=O)(=O)N2CCC3(CCN3)CC2)cc1. The Balaban J connectivity index is 1.76. The maximum Gasteiger partial charge on any atom is 0.269 e. The molecule has 21 heavy (non-hydrogen) atoms. The molecule has 0 saturated carbocycles. The molecule has 2 aliphatic heterocycles. The van der Waals surface area contributed by atoms with Crippen LogP contribution in [0.3, 0.4) is 0 Å². The summed E-state index contributed by atoms with van der Waals surface area (Å²) in [6, 6.07) is 5.07. The van der Waals surface area contributed by atoms with Crippen LogP contribution in [0.4, 0.5) is 5.69 Å². The normalized spacial score (nSPS) is 21.9. The van der Waals surface area contributed by atoms with E-state index >= 15 is 0 Å². The average Bonchev–Trinajstić information content (AvgIpc) is 2.46. The van der Waals surface area contributed by atoms with Crippen LogP contribution in [0, 0.1) is 10.1 Å². The minimum atomic E-state index is -3.56. The second-order valence-corrected chi connectivity index (χ2v) is 7.55. The molecule has 2 aliphatic rings. The number of nitro benzene ring substituents is 1. The molecule has 1 N–H and O–H groups in total. The van der Waals surface area contributed by atoms with E-state index in [-0.39, 0.29) is 16.1 Å². The second-order valence-electron chi connectivity index (χ2n) is 5.61. The van der Waals surface area contributed by atoms with Crippen molar-refractivity contribution in [3.05, 3.63) is 34.4 Å². The first kappa shape index (κ1) is 14.4. The van der Waals surface area contributed by atoms with Crippen molar-refractivity contribution in [2.45, 2.75) is 29.7 Å². The van der Waals surface area contributed by atoms with Crippen molar-refractivity contribution < 1.29 is 13.3 Å². The molecule has 0 amide bonds. The van der Waals surface area contributed by atoms with Crippen LogP contribution in [-0.2, 0) is 10.0 Å². The number of non-ortho nitro benzene ring substituents is 1. The Morgan fingerprint density at radius 2 is 1.71 bits per heavy atom. The molecule has 1 aromatic rings. The van der Waals surface area contributed by atoms with Gasteiger partial charge in [0.25, 0.3) is 5.69 Å². The summed E-state index contributed by atoms with van der Waals surface area (Å²) in [5.74, 6) is 0. The van der Waals surface area contributed by atoms with Gasteiger partial charge in [0, 0.05) is 30.8 Å². The van der Waals surface area contributed by atoms with Crippen LogP contribution in [0.25, 0.3) is 0 Å². The van der Waals surface area contributed by atoms with Crippen LogP contribution in [-0.4, -0.2) is 42.8 Å². The smallest absolute Gasteiger partial charge is 0.269 e. The molecule has 1 spiro atoms. The number of piperidine rings is 1. The van der Waals surface area contributed by atoms with Gasteiger partial charge in [-0.25, -0.2) is 8.42 Å². The van der Waals surface area contributed by atoms with E-state index in [0.717, 1.165) is 25.8 Å². The quantitative estimate of drug-likeness (QED) is 0.667. The topological polar surface area (TPSA) is 92.5 Å². The third kappa shape index (κ3) is 2.54. The zero-order valence-electron chi connectivity index (χ0n) is 11.5. The van der Waals surface area contributed by atoms with Crippen molar-refractivity contribution in [2.75, 3.05) is 19.6 Å². The van der Waals surface area contributed by atoms with Gasteiger partial charge in [-0.3, -0.25) is 10.1 Å². The molecule has 0 unspecified atom stereocenters. The van der Waals surface area contributed by atoms with Crippen LogP contribution in [0.15, 0.2) is 29.2 Å². The average molecular weight is 311 g/mol. The maximum absolute atomic E-state index is 12.5. The molecular weight excluding hydrogens is 294 g/mol. The molecule has 2 saturated heterocycles. The Morgan fingerprint density at radius 1 is 1.14 bits per heavy atom. The van der Waals surface area contributed by atoms with Gasteiger partial charge < -0.3 is 5.32 Å². The molecule has 1 aromatic carbocycles. The predicted octanol–water partition coefficient (Wildman–Crippen LogP) is 1.11. The molecule has 8 heteroatoms. The predicted molar refractivity (Wildman–Crippen MR) is 76.4 cm³/mol. The van der Waals surface area contributed by atoms with E-state index in [1.54, 1.807) is 0 Å². The van der Waals surface area contributed by atoms with E-state index in [1.807, 2.05) is 0 Å². The lowest BCUT2D eigenvalue weighted by molar-refractivity contribution is -0.384. The van der Waals surface area contributed by atoms with Crippen LogP contribution >= 0.6 is 0 Å². The molecule has 2 heterocycles. The highest BCUT2D eigenvalue weighted by atomic mass is 32.2. The summed E-state index contributed by atoms with van der Waals surface area (Å²) in [6.45, 7) is 1.99. The van der Waals surface area contributed by atoms with E-state index in [0.29, 0.717) is 13.1 Å². The fraction of sp³-hybridized carbons (Fsp3) is 0.538. The van der Waals surface area contributed by atoms with Crippen molar-refractivity contribution in [1.29, 1.82) is 0 Å². The standard InChI is InChI=1S/C13H17N3O4S/c17-16(18)11-1-3-12(4-2-11)21(19,20)15-9-6-13(7-10-15)5-8-14-13/h1-4,14H,5-10H2. The van der Waals surface area contributed by atoms with Crippen LogP contribution in [0.5, 0.6) is 0 Å². The summed E-state index contributed by atoms with van der Waals surface area (Å²) in [7, 11) is -3.56. The van der Waals surface area contributed by atoms with Gasteiger partial charge in [-0.05, 0) is 37.9 Å². The highest BCUT2D eigenvalue weighted by Crippen LogP contribution is 2.33. The molecule has 7 nitrogen and oxygen atoms in total. The summed E-state index contributed by atoms with van der Waals surface area (Å²) >= 11 is 0. The van der Waals surface area contributed by atoms with E-state index < -0.39 is 14.9 Å². The van der Waals surface area contributed by atoms with Crippen molar-refractivity contribution in [3.8, 4) is 0 Å². The number of sulfonamides is 1. The van der Waals surface area contributed by atoms with Gasteiger partial charge in [0.1, 0.15) is 0 Å². The first-order chi connectivity index (χ1) is 9.93. The highest BCUT2D eigenvalue weighted by molar-refractivity contribution is 7.89. The Morgan fingerprint density at radius 3 is 2.14 bits per heavy atom. The summed E-state index contributed by atoms with van der Waals surface area (Å²) in [5.41, 5.74) is 0.0341. The minimum Gasteiger partial charge on any atom is -0.311 e. The fourth-order valence-corrected chi connectivity index (χ4v) is 4.39. The number of nitrogens with zero attached hydrogens (tertiary/aromatic N) is 2. The third-order valence-electron chi connectivity index (χ3n) is 4.47. The fourth-order valence-electron chi connectivity index (χ4n) is 2.95. The Kier molecular flexibility index (Phi) is 3.46. The van der Waals surface area contributed by atoms with Gasteiger partial charge in [0.15, 0.2) is 0 Å². The van der Waals surface area contributed by atoms with E-state index in [9.17, 15) is 18.5 Å². The van der Waals surface area contributed by atoms with Crippen LogP contribution < -0.4 is 5.32 Å². The van der Waals surface area contributed by atoms with Crippen molar-refractivity contribution in [2.24, 2.45) is 0 Å². The summed E-state index contributed by atoms with van der Waals surface area (Å²) in [4.78, 5) is 10.2. The van der Waals surface area contributed by atoms with E-state index in [2.05, 4.69) is 5.32 Å². The number of benzene rings is 1. The van der Waals surface area contributed by atoms with Crippen LogP contribution in [0.1, 0.15) is 19.3 Å². The molecule has 2 fully saturated rings. The molecule has 0 radical (unpaired) electrons. The lowest BCUT2D eigenvalue weighted by Crippen LogP contribution is -2.62. The molecule has 0 bridgehead atoms. The monoisotopic (exact) mass is 311 g/mol. The lowest BCUT2D eigenvalue weighted by atomic mass is 9.80. The highest BCUT2D eigenvalue weighted by Gasteiger charge is 2.41. The van der Waals surface area contributed by atoms with Crippen molar-refractivity contribution >= 4 is 15.7 Å². The van der Waals surface area contributed by atoms with E-state index in [1.165, 1.54) is 28.6 Å². The molecule has 3 rings (SSSR count). The number of hydrogen-bond acceptors (Lipinski definition) is 5. The van der Waals surface area contributed by atoms with Gasteiger partial charge in [-0.2, -0.15) is 4.31 Å². The second kappa shape index (κ2) is 5.04. The zero-order valence-corrected chi connectivity index (χ0v) is 12.3. The Bertz CT molecular complexity index is 642. The summed E-state index contributed by atoms with van der Waals surface area (Å²) < 4.78 is 26.5. The molecule has 0 aliphatic carbocycles. The Labute approximate surface area is 123 Å². The van der Waals surface area contributed by atoms with Gasteiger partial charge in [-0.1, -0.05) is 0 Å². The number of nitro groups is 1. The van der Waals surface area contributed by atoms with Gasteiger partial charge in [-0.15, -0.1) is 0 Å². The molecule has 0 atom stereocenters. The number of nitrogens with one attached hydrogen (secondary N) is 1. The zero-order chi connectivity index (χ0) is 15.1. The summed E-state index contributed by atoms with van der Waals surface area (Å²) in [6.07, 6.45) is 2.75. The molecular formula is C13H17N3O4S. The summed E-state index contributed by atoms with van der Waals surface area (Å²) in [5, 5.41) is 14.0.